The minimum atomic E-state index is -0.548. The number of thiocarbonyl (C=S) groups is 1. The first-order valence-corrected chi connectivity index (χ1v) is 11.4. The Kier molecular flexibility index (Phi) is 7.97. The molecule has 0 aliphatic carbocycles. The molecule has 0 atom stereocenters. The van der Waals surface area contributed by atoms with Crippen LogP contribution in [-0.2, 0) is 6.42 Å². The van der Waals surface area contributed by atoms with Gasteiger partial charge in [0.25, 0.3) is 11.8 Å². The van der Waals surface area contributed by atoms with Gasteiger partial charge in [0.15, 0.2) is 5.11 Å². The number of hydrogen-bond donors (Lipinski definition) is 3. The van der Waals surface area contributed by atoms with Gasteiger partial charge in [-0.1, -0.05) is 49.4 Å². The number of para-hydroxylation sites is 1. The molecule has 3 aromatic rings. The fourth-order valence-electron chi connectivity index (χ4n) is 3.19. The van der Waals surface area contributed by atoms with Gasteiger partial charge in [0.05, 0.1) is 17.7 Å². The molecule has 166 valence electrons. The third-order valence-electron chi connectivity index (χ3n) is 4.75. The number of primary amides is 1. The summed E-state index contributed by atoms with van der Waals surface area (Å²) in [4.78, 5) is 25.9. The van der Waals surface area contributed by atoms with Crippen molar-refractivity contribution in [2.24, 2.45) is 5.73 Å². The van der Waals surface area contributed by atoms with Crippen molar-refractivity contribution < 1.29 is 14.3 Å². The van der Waals surface area contributed by atoms with Crippen molar-refractivity contribution in [2.75, 3.05) is 11.9 Å². The number of nitrogens with one attached hydrogen (secondary N) is 2. The predicted octanol–water partition coefficient (Wildman–Crippen LogP) is 4.66. The largest absolute Gasteiger partial charge is 0.493 e. The molecule has 4 N–H and O–H groups in total. The fraction of sp³-hybridized carbons (Fsp3) is 0.208. The van der Waals surface area contributed by atoms with Crippen LogP contribution in [0.2, 0.25) is 0 Å². The van der Waals surface area contributed by atoms with Crippen LogP contribution in [0, 0.1) is 6.92 Å². The number of ether oxygens (including phenoxy) is 1. The van der Waals surface area contributed by atoms with E-state index in [9.17, 15) is 9.59 Å². The quantitative estimate of drug-likeness (QED) is 0.419. The molecule has 0 saturated heterocycles. The Balaban J connectivity index is 1.77. The van der Waals surface area contributed by atoms with Crippen LogP contribution in [0.5, 0.6) is 5.75 Å². The Labute approximate surface area is 196 Å². The van der Waals surface area contributed by atoms with Gasteiger partial charge < -0.3 is 15.8 Å². The van der Waals surface area contributed by atoms with Gasteiger partial charge in [-0.2, -0.15) is 0 Å². The van der Waals surface area contributed by atoms with Gasteiger partial charge >= 0.3 is 0 Å². The summed E-state index contributed by atoms with van der Waals surface area (Å²) in [5.41, 5.74) is 8.33. The number of benzene rings is 2. The highest BCUT2D eigenvalue weighted by atomic mass is 32.1. The Morgan fingerprint density at radius 3 is 2.47 bits per heavy atom. The molecule has 0 fully saturated rings. The second-order valence-electron chi connectivity index (χ2n) is 7.13. The molecule has 1 aromatic heterocycles. The topological polar surface area (TPSA) is 93.4 Å². The van der Waals surface area contributed by atoms with Crippen LogP contribution in [0.3, 0.4) is 0 Å². The molecule has 3 rings (SSSR count). The lowest BCUT2D eigenvalue weighted by atomic mass is 10.1. The lowest BCUT2D eigenvalue weighted by Crippen LogP contribution is -2.34. The summed E-state index contributed by atoms with van der Waals surface area (Å²) in [6.07, 6.45) is 1.50. The van der Waals surface area contributed by atoms with Crippen LogP contribution in [-0.4, -0.2) is 23.5 Å². The molecule has 0 aliphatic rings. The first-order chi connectivity index (χ1) is 15.4. The normalized spacial score (nSPS) is 10.4. The summed E-state index contributed by atoms with van der Waals surface area (Å²) in [5.74, 6) is -0.454. The first kappa shape index (κ1) is 23.4. The molecular formula is C24H25N3O3S2. The highest BCUT2D eigenvalue weighted by Crippen LogP contribution is 2.34. The number of nitrogens with two attached hydrogens (primary N) is 1. The van der Waals surface area contributed by atoms with E-state index in [0.717, 1.165) is 22.4 Å². The van der Waals surface area contributed by atoms with Crippen LogP contribution in [0.15, 0.2) is 54.6 Å². The van der Waals surface area contributed by atoms with Gasteiger partial charge in [-0.05, 0) is 48.8 Å². The molecule has 1 heterocycles. The highest BCUT2D eigenvalue weighted by Gasteiger charge is 2.21. The van der Waals surface area contributed by atoms with E-state index in [2.05, 4.69) is 10.6 Å². The van der Waals surface area contributed by atoms with E-state index in [0.29, 0.717) is 34.9 Å². The summed E-state index contributed by atoms with van der Waals surface area (Å²) < 4.78 is 5.65. The molecule has 8 heteroatoms. The highest BCUT2D eigenvalue weighted by molar-refractivity contribution is 7.80. The van der Waals surface area contributed by atoms with E-state index < -0.39 is 11.8 Å². The van der Waals surface area contributed by atoms with E-state index in [-0.39, 0.29) is 5.11 Å². The third kappa shape index (κ3) is 5.72. The summed E-state index contributed by atoms with van der Waals surface area (Å²) in [7, 11) is 0. The minimum Gasteiger partial charge on any atom is -0.493 e. The lowest BCUT2D eigenvalue weighted by Gasteiger charge is -2.12. The van der Waals surface area contributed by atoms with Crippen LogP contribution in [0.4, 0.5) is 5.00 Å². The molecule has 0 aliphatic heterocycles. The molecule has 0 unspecified atom stereocenters. The summed E-state index contributed by atoms with van der Waals surface area (Å²) in [5, 5.41) is 6.24. The van der Waals surface area contributed by atoms with Crippen molar-refractivity contribution in [1.29, 1.82) is 0 Å². The summed E-state index contributed by atoms with van der Waals surface area (Å²) in [6.45, 7) is 4.36. The maximum atomic E-state index is 12.8. The van der Waals surface area contributed by atoms with Crippen molar-refractivity contribution in [3.63, 3.8) is 0 Å². The van der Waals surface area contributed by atoms with E-state index in [4.69, 9.17) is 22.7 Å². The number of carbonyl (C=O) groups is 2. The number of amides is 2. The maximum absolute atomic E-state index is 12.8. The second-order valence-corrected chi connectivity index (χ2v) is 8.65. The zero-order chi connectivity index (χ0) is 23.1. The summed E-state index contributed by atoms with van der Waals surface area (Å²) in [6, 6.07) is 16.9. The molecule has 6 nitrogen and oxygen atoms in total. The van der Waals surface area contributed by atoms with E-state index in [1.54, 1.807) is 24.3 Å². The van der Waals surface area contributed by atoms with Crippen molar-refractivity contribution in [3.8, 4) is 5.75 Å². The predicted molar refractivity (Wildman–Crippen MR) is 133 cm³/mol. The molecule has 32 heavy (non-hydrogen) atoms. The Hall–Kier alpha value is -3.23. The number of thiophene rings is 1. The van der Waals surface area contributed by atoms with E-state index in [1.807, 2.05) is 44.2 Å². The van der Waals surface area contributed by atoms with E-state index >= 15 is 0 Å². The number of anilines is 1. The minimum absolute atomic E-state index is 0.0790. The van der Waals surface area contributed by atoms with Crippen molar-refractivity contribution in [3.05, 3.63) is 81.7 Å². The summed E-state index contributed by atoms with van der Waals surface area (Å²) >= 11 is 6.74. The zero-order valence-corrected chi connectivity index (χ0v) is 19.6. The van der Waals surface area contributed by atoms with Gasteiger partial charge in [0.1, 0.15) is 10.8 Å². The number of hydrogen-bond acceptors (Lipinski definition) is 5. The smallest absolute Gasteiger partial charge is 0.261 e. The molecular weight excluding hydrogens is 442 g/mol. The van der Waals surface area contributed by atoms with Gasteiger partial charge in [-0.3, -0.25) is 14.9 Å². The third-order valence-corrected chi connectivity index (χ3v) is 6.16. The molecule has 2 amide bonds. The molecule has 0 spiro atoms. The van der Waals surface area contributed by atoms with Gasteiger partial charge in [0, 0.05) is 11.3 Å². The average molecular weight is 468 g/mol. The number of rotatable bonds is 8. The second kappa shape index (κ2) is 10.9. The van der Waals surface area contributed by atoms with Crippen molar-refractivity contribution >= 4 is 45.5 Å². The Morgan fingerprint density at radius 1 is 1.09 bits per heavy atom. The van der Waals surface area contributed by atoms with Crippen molar-refractivity contribution in [1.82, 2.24) is 5.32 Å². The standard InChI is InChI=1S/C24H25N3O3S2/c1-3-13-30-18-12-8-7-11-17(18)22(29)26-24(31)27-23-20(21(25)28)15(2)19(32-23)14-16-9-5-4-6-10-16/h4-12H,3,13-14H2,1-2H3,(H2,25,28)(H2,26,27,29,31). The monoisotopic (exact) mass is 467 g/mol. The fourth-order valence-corrected chi connectivity index (χ4v) is 4.70. The first-order valence-electron chi connectivity index (χ1n) is 10.2. The van der Waals surface area contributed by atoms with Gasteiger partial charge in [-0.15, -0.1) is 11.3 Å². The molecule has 0 radical (unpaired) electrons. The number of carbonyl (C=O) groups excluding carboxylic acids is 2. The van der Waals surface area contributed by atoms with E-state index in [1.165, 1.54) is 11.3 Å². The van der Waals surface area contributed by atoms with Crippen LogP contribution >= 0.6 is 23.6 Å². The van der Waals surface area contributed by atoms with Crippen LogP contribution < -0.4 is 21.1 Å². The van der Waals surface area contributed by atoms with Crippen molar-refractivity contribution in [2.45, 2.75) is 26.7 Å². The molecule has 0 saturated carbocycles. The van der Waals surface area contributed by atoms with Crippen LogP contribution in [0.25, 0.3) is 0 Å². The van der Waals surface area contributed by atoms with Gasteiger partial charge in [-0.25, -0.2) is 0 Å². The Morgan fingerprint density at radius 2 is 1.78 bits per heavy atom. The zero-order valence-electron chi connectivity index (χ0n) is 17.9. The maximum Gasteiger partial charge on any atom is 0.261 e. The Bertz CT molecular complexity index is 1130. The average Bonchev–Trinajstić information content (AvgIpc) is 3.07. The molecule has 0 bridgehead atoms. The lowest BCUT2D eigenvalue weighted by molar-refractivity contribution is 0.0971. The SMILES string of the molecule is CCCOc1ccccc1C(=O)NC(=S)Nc1sc(Cc2ccccc2)c(C)c1C(N)=O. The molecule has 2 aromatic carbocycles. The van der Waals surface area contributed by atoms with Gasteiger partial charge in [0.2, 0.25) is 0 Å². The van der Waals surface area contributed by atoms with Crippen LogP contribution in [0.1, 0.15) is 50.1 Å².